The Morgan fingerprint density at radius 1 is 1.69 bits per heavy atom. The second-order valence-electron chi connectivity index (χ2n) is 4.09. The number of carbonyl (C=O) groups is 1. The highest BCUT2D eigenvalue weighted by Gasteiger charge is 2.34. The molecule has 90 valence electrons. The number of nitrogens with two attached hydrogens (primary N) is 1. The van der Waals surface area contributed by atoms with Gasteiger partial charge in [0.15, 0.2) is 5.76 Å². The Balaban J connectivity index is 2.83. The summed E-state index contributed by atoms with van der Waals surface area (Å²) < 4.78 is 0. The Kier molecular flexibility index (Phi) is 3.56. The second kappa shape index (κ2) is 4.54. The van der Waals surface area contributed by atoms with E-state index in [2.05, 4.69) is 5.43 Å². The second-order valence-corrected chi connectivity index (χ2v) is 4.09. The number of aliphatic carboxylic acids is 1. The van der Waals surface area contributed by atoms with Crippen LogP contribution in [0, 0.1) is 5.92 Å². The predicted octanol–water partition coefficient (Wildman–Crippen LogP) is 0.587. The monoisotopic (exact) mass is 228 g/mol. The molecule has 0 aromatic heterocycles. The van der Waals surface area contributed by atoms with Gasteiger partial charge < -0.3 is 15.3 Å². The summed E-state index contributed by atoms with van der Waals surface area (Å²) in [7, 11) is 0. The van der Waals surface area contributed by atoms with Crippen molar-refractivity contribution in [3.63, 3.8) is 0 Å². The lowest BCUT2D eigenvalue weighted by Gasteiger charge is -2.33. The number of aliphatic hydroxyl groups excluding tert-OH is 2. The maximum Gasteiger partial charge on any atom is 0.306 e. The highest BCUT2D eigenvalue weighted by atomic mass is 16.4. The summed E-state index contributed by atoms with van der Waals surface area (Å²) in [6.07, 6.45) is 3.19. The highest BCUT2D eigenvalue weighted by Crippen LogP contribution is 2.29. The van der Waals surface area contributed by atoms with Gasteiger partial charge in [0.25, 0.3) is 0 Å². The minimum atomic E-state index is -0.929. The van der Waals surface area contributed by atoms with Gasteiger partial charge in [0, 0.05) is 6.42 Å². The Morgan fingerprint density at radius 3 is 2.75 bits per heavy atom. The van der Waals surface area contributed by atoms with Gasteiger partial charge in [-0.3, -0.25) is 16.1 Å². The normalized spacial score (nSPS) is 26.9. The molecule has 6 nitrogen and oxygen atoms in total. The standard InChI is InChI=1S/C10H16N2O4/c1-6(9(15)16)4-10(12-11)3-2-7(13)8(14)5-10/h2-3,6,12-14H,4-5,11H2,1H3,(H,15,16). The van der Waals surface area contributed by atoms with Crippen LogP contribution in [0.2, 0.25) is 0 Å². The third kappa shape index (κ3) is 2.53. The van der Waals surface area contributed by atoms with E-state index in [1.165, 1.54) is 6.08 Å². The third-order valence-electron chi connectivity index (χ3n) is 2.72. The zero-order valence-electron chi connectivity index (χ0n) is 8.97. The molecule has 0 fully saturated rings. The zero-order chi connectivity index (χ0) is 12.3. The van der Waals surface area contributed by atoms with E-state index >= 15 is 0 Å². The van der Waals surface area contributed by atoms with Crippen molar-refractivity contribution in [2.75, 3.05) is 0 Å². The van der Waals surface area contributed by atoms with Crippen molar-refractivity contribution < 1.29 is 20.1 Å². The van der Waals surface area contributed by atoms with Crippen LogP contribution in [0.5, 0.6) is 0 Å². The van der Waals surface area contributed by atoms with Gasteiger partial charge in [-0.05, 0) is 12.5 Å². The number of carboxylic acids is 1. The van der Waals surface area contributed by atoms with Gasteiger partial charge >= 0.3 is 5.97 Å². The molecule has 0 saturated carbocycles. The number of hydrazine groups is 1. The number of nitrogens with one attached hydrogen (secondary N) is 1. The molecule has 2 unspecified atom stereocenters. The number of allylic oxidation sites excluding steroid dienone is 1. The molecule has 0 radical (unpaired) electrons. The Morgan fingerprint density at radius 2 is 2.31 bits per heavy atom. The summed E-state index contributed by atoms with van der Waals surface area (Å²) in [4.78, 5) is 10.8. The van der Waals surface area contributed by atoms with E-state index in [1.807, 2.05) is 0 Å². The molecule has 6 N–H and O–H groups in total. The molecule has 1 aliphatic rings. The quantitative estimate of drug-likeness (QED) is 0.355. The van der Waals surface area contributed by atoms with Gasteiger partial charge in [0.2, 0.25) is 0 Å². The van der Waals surface area contributed by atoms with Crippen molar-refractivity contribution in [3.8, 4) is 0 Å². The van der Waals surface area contributed by atoms with Crippen LogP contribution >= 0.6 is 0 Å². The maximum atomic E-state index is 10.8. The molecule has 0 spiro atoms. The van der Waals surface area contributed by atoms with Crippen molar-refractivity contribution in [2.45, 2.75) is 25.3 Å². The summed E-state index contributed by atoms with van der Waals surface area (Å²) >= 11 is 0. The molecule has 16 heavy (non-hydrogen) atoms. The molecule has 1 rings (SSSR count). The SMILES string of the molecule is CC(CC1(NN)C=CC(O)=C(O)C1)C(=O)O. The van der Waals surface area contributed by atoms with Gasteiger partial charge in [-0.15, -0.1) is 0 Å². The third-order valence-corrected chi connectivity index (χ3v) is 2.72. The summed E-state index contributed by atoms with van der Waals surface area (Å²) in [5.41, 5.74) is 1.67. The summed E-state index contributed by atoms with van der Waals surface area (Å²) in [6.45, 7) is 1.56. The molecule has 0 aromatic rings. The first-order valence-electron chi connectivity index (χ1n) is 4.91. The van der Waals surface area contributed by atoms with Gasteiger partial charge in [-0.1, -0.05) is 13.0 Å². The van der Waals surface area contributed by atoms with E-state index in [1.54, 1.807) is 13.0 Å². The lowest BCUT2D eigenvalue weighted by atomic mass is 9.82. The number of hydrogen-bond acceptors (Lipinski definition) is 5. The fraction of sp³-hybridized carbons (Fsp3) is 0.500. The molecule has 0 heterocycles. The molecule has 0 bridgehead atoms. The maximum absolute atomic E-state index is 10.8. The molecular weight excluding hydrogens is 212 g/mol. The topological polar surface area (TPSA) is 116 Å². The van der Waals surface area contributed by atoms with Gasteiger partial charge in [-0.2, -0.15) is 0 Å². The van der Waals surface area contributed by atoms with Crippen LogP contribution in [0.25, 0.3) is 0 Å². The average molecular weight is 228 g/mol. The molecule has 2 atom stereocenters. The molecular formula is C10H16N2O4. The molecule has 6 heteroatoms. The fourth-order valence-electron chi connectivity index (χ4n) is 1.71. The van der Waals surface area contributed by atoms with Crippen molar-refractivity contribution in [3.05, 3.63) is 23.7 Å². The minimum Gasteiger partial charge on any atom is -0.508 e. The van der Waals surface area contributed by atoms with Crippen LogP contribution in [-0.4, -0.2) is 26.8 Å². The molecule has 0 amide bonds. The lowest BCUT2D eigenvalue weighted by Crippen LogP contribution is -2.50. The van der Waals surface area contributed by atoms with E-state index in [0.29, 0.717) is 0 Å². The van der Waals surface area contributed by atoms with Crippen LogP contribution in [-0.2, 0) is 4.79 Å². The summed E-state index contributed by atoms with van der Waals surface area (Å²) in [5, 5.41) is 27.5. The Bertz CT molecular complexity index is 351. The number of aliphatic hydroxyl groups is 2. The van der Waals surface area contributed by atoms with Crippen molar-refractivity contribution >= 4 is 5.97 Å². The van der Waals surface area contributed by atoms with Crippen LogP contribution in [0.1, 0.15) is 19.8 Å². The predicted molar refractivity (Wildman–Crippen MR) is 57.5 cm³/mol. The van der Waals surface area contributed by atoms with Crippen molar-refractivity contribution in [2.24, 2.45) is 11.8 Å². The zero-order valence-corrected chi connectivity index (χ0v) is 8.97. The van der Waals surface area contributed by atoms with Crippen LogP contribution < -0.4 is 11.3 Å². The first kappa shape index (κ1) is 12.5. The van der Waals surface area contributed by atoms with Crippen LogP contribution in [0.3, 0.4) is 0 Å². The van der Waals surface area contributed by atoms with E-state index < -0.39 is 17.4 Å². The van der Waals surface area contributed by atoms with Crippen molar-refractivity contribution in [1.82, 2.24) is 5.43 Å². The van der Waals surface area contributed by atoms with E-state index in [4.69, 9.17) is 10.9 Å². The highest BCUT2D eigenvalue weighted by molar-refractivity contribution is 5.69. The Labute approximate surface area is 93.0 Å². The first-order chi connectivity index (χ1) is 7.40. The first-order valence-corrected chi connectivity index (χ1v) is 4.91. The van der Waals surface area contributed by atoms with E-state index in [0.717, 1.165) is 0 Å². The van der Waals surface area contributed by atoms with Gasteiger partial charge in [0.05, 0.1) is 11.5 Å². The van der Waals surface area contributed by atoms with Gasteiger partial charge in [-0.25, -0.2) is 0 Å². The average Bonchev–Trinajstić information content (AvgIpc) is 2.23. The van der Waals surface area contributed by atoms with Crippen molar-refractivity contribution in [1.29, 1.82) is 0 Å². The van der Waals surface area contributed by atoms with E-state index in [-0.39, 0.29) is 24.4 Å². The van der Waals surface area contributed by atoms with Crippen LogP contribution in [0.15, 0.2) is 23.7 Å². The summed E-state index contributed by atoms with van der Waals surface area (Å²) in [5.74, 6) is 3.44. The number of rotatable bonds is 4. The molecule has 0 aromatic carbocycles. The number of hydrogen-bond donors (Lipinski definition) is 5. The Hall–Kier alpha value is -1.53. The summed E-state index contributed by atoms with van der Waals surface area (Å²) in [6, 6.07) is 0. The minimum absolute atomic E-state index is 0.0729. The van der Waals surface area contributed by atoms with Crippen LogP contribution in [0.4, 0.5) is 0 Å². The largest absolute Gasteiger partial charge is 0.508 e. The molecule has 1 aliphatic carbocycles. The molecule has 0 saturated heterocycles. The molecule has 0 aliphatic heterocycles. The lowest BCUT2D eigenvalue weighted by molar-refractivity contribution is -0.141. The smallest absolute Gasteiger partial charge is 0.306 e. The van der Waals surface area contributed by atoms with Gasteiger partial charge in [0.1, 0.15) is 5.76 Å². The fourth-order valence-corrected chi connectivity index (χ4v) is 1.71. The number of carboxylic acid groups (broad SMARTS) is 1. The van der Waals surface area contributed by atoms with E-state index in [9.17, 15) is 15.0 Å².